The highest BCUT2D eigenvalue weighted by atomic mass is 19.1. The smallest absolute Gasteiger partial charge is 0.255 e. The SMILES string of the molecule is CCCC1CCCCN1C(=O)C1=CN(C2CC2)C(c2cccc(F)c2C)C=C1. The van der Waals surface area contributed by atoms with Gasteiger partial charge in [0.25, 0.3) is 5.91 Å². The minimum Gasteiger partial charge on any atom is -0.363 e. The lowest BCUT2D eigenvalue weighted by Gasteiger charge is -2.38. The van der Waals surface area contributed by atoms with Gasteiger partial charge in [0, 0.05) is 24.8 Å². The molecule has 1 saturated heterocycles. The summed E-state index contributed by atoms with van der Waals surface area (Å²) in [7, 11) is 0. The summed E-state index contributed by atoms with van der Waals surface area (Å²) in [6, 6.07) is 6.14. The summed E-state index contributed by atoms with van der Waals surface area (Å²) >= 11 is 0. The van der Waals surface area contributed by atoms with E-state index < -0.39 is 0 Å². The molecule has 0 N–H and O–H groups in total. The zero-order valence-corrected chi connectivity index (χ0v) is 17.0. The number of likely N-dealkylation sites (tertiary alicyclic amines) is 1. The molecule has 3 nitrogen and oxygen atoms in total. The average Bonchev–Trinajstić information content (AvgIpc) is 3.55. The minimum absolute atomic E-state index is 0.00699. The van der Waals surface area contributed by atoms with Gasteiger partial charge in [-0.05, 0) is 68.7 Å². The van der Waals surface area contributed by atoms with Crippen molar-refractivity contribution >= 4 is 5.91 Å². The number of hydrogen-bond donors (Lipinski definition) is 0. The van der Waals surface area contributed by atoms with Gasteiger partial charge in [-0.25, -0.2) is 4.39 Å². The van der Waals surface area contributed by atoms with Crippen molar-refractivity contribution in [3.63, 3.8) is 0 Å². The first kappa shape index (κ1) is 19.2. The summed E-state index contributed by atoms with van der Waals surface area (Å²) in [6.07, 6.45) is 14.0. The molecule has 3 aliphatic rings. The number of rotatable bonds is 5. The van der Waals surface area contributed by atoms with E-state index in [1.165, 1.54) is 12.5 Å². The van der Waals surface area contributed by atoms with Crippen LogP contribution < -0.4 is 0 Å². The summed E-state index contributed by atoms with van der Waals surface area (Å²) in [5.74, 6) is -0.00214. The Bertz CT molecular complexity index is 794. The lowest BCUT2D eigenvalue weighted by Crippen LogP contribution is -2.44. The van der Waals surface area contributed by atoms with E-state index in [-0.39, 0.29) is 17.8 Å². The fourth-order valence-corrected chi connectivity index (χ4v) is 4.69. The molecule has 2 heterocycles. The molecule has 4 heteroatoms. The lowest BCUT2D eigenvalue weighted by atomic mass is 9.94. The van der Waals surface area contributed by atoms with Crippen molar-refractivity contribution < 1.29 is 9.18 Å². The molecule has 1 aromatic carbocycles. The molecule has 0 bridgehead atoms. The second kappa shape index (κ2) is 8.10. The Morgan fingerprint density at radius 2 is 2.04 bits per heavy atom. The third-order valence-corrected chi connectivity index (χ3v) is 6.42. The highest BCUT2D eigenvalue weighted by Crippen LogP contribution is 2.40. The van der Waals surface area contributed by atoms with Gasteiger partial charge in [-0.1, -0.05) is 31.6 Å². The molecule has 1 aliphatic carbocycles. The van der Waals surface area contributed by atoms with Gasteiger partial charge >= 0.3 is 0 Å². The van der Waals surface area contributed by atoms with E-state index in [1.54, 1.807) is 6.07 Å². The molecule has 1 amide bonds. The maximum absolute atomic E-state index is 14.1. The molecule has 2 aliphatic heterocycles. The van der Waals surface area contributed by atoms with Crippen LogP contribution in [0.3, 0.4) is 0 Å². The maximum Gasteiger partial charge on any atom is 0.255 e. The standard InChI is InChI=1S/C24H31FN2O/c1-3-7-19-8-4-5-15-26(19)24(28)18-11-14-23(27(16-18)20-12-13-20)21-9-6-10-22(25)17(21)2/h6,9-11,14,16,19-20,23H,3-5,7-8,12-13,15H2,1-2H3. The Labute approximate surface area is 167 Å². The third-order valence-electron chi connectivity index (χ3n) is 6.42. The molecule has 0 aromatic heterocycles. The second-order valence-corrected chi connectivity index (χ2v) is 8.46. The minimum atomic E-state index is -0.164. The Morgan fingerprint density at radius 3 is 2.79 bits per heavy atom. The van der Waals surface area contributed by atoms with Crippen LogP contribution in [-0.4, -0.2) is 34.3 Å². The normalized spacial score (nSPS) is 25.0. The summed E-state index contributed by atoms with van der Waals surface area (Å²) in [4.78, 5) is 17.7. The van der Waals surface area contributed by atoms with E-state index in [0.29, 0.717) is 17.6 Å². The van der Waals surface area contributed by atoms with Gasteiger partial charge in [0.15, 0.2) is 0 Å². The van der Waals surface area contributed by atoms with Crippen molar-refractivity contribution in [1.29, 1.82) is 0 Å². The summed E-state index contributed by atoms with van der Waals surface area (Å²) in [5.41, 5.74) is 2.47. The fourth-order valence-electron chi connectivity index (χ4n) is 4.69. The third kappa shape index (κ3) is 3.74. The first-order valence-corrected chi connectivity index (χ1v) is 10.8. The van der Waals surface area contributed by atoms with E-state index in [1.807, 2.05) is 25.3 Å². The quantitative estimate of drug-likeness (QED) is 0.692. The maximum atomic E-state index is 14.1. The van der Waals surface area contributed by atoms with Crippen LogP contribution in [0.2, 0.25) is 0 Å². The molecular formula is C24H31FN2O. The lowest BCUT2D eigenvalue weighted by molar-refractivity contribution is -0.130. The van der Waals surface area contributed by atoms with Crippen LogP contribution in [0.25, 0.3) is 0 Å². The van der Waals surface area contributed by atoms with Gasteiger partial charge in [0.2, 0.25) is 0 Å². The number of benzene rings is 1. The van der Waals surface area contributed by atoms with Crippen LogP contribution in [0.4, 0.5) is 4.39 Å². The van der Waals surface area contributed by atoms with Crippen molar-refractivity contribution in [3.05, 3.63) is 59.1 Å². The van der Waals surface area contributed by atoms with Gasteiger partial charge in [-0.3, -0.25) is 4.79 Å². The van der Waals surface area contributed by atoms with Gasteiger partial charge in [-0.2, -0.15) is 0 Å². The molecule has 0 spiro atoms. The number of amides is 1. The molecule has 2 unspecified atom stereocenters. The van der Waals surface area contributed by atoms with Gasteiger partial charge in [0.05, 0.1) is 11.6 Å². The fraction of sp³-hybridized carbons (Fsp3) is 0.542. The Balaban J connectivity index is 1.59. The predicted octanol–water partition coefficient (Wildman–Crippen LogP) is 5.27. The highest BCUT2D eigenvalue weighted by Gasteiger charge is 2.36. The molecule has 1 saturated carbocycles. The van der Waals surface area contributed by atoms with Gasteiger partial charge in [-0.15, -0.1) is 0 Å². The molecule has 28 heavy (non-hydrogen) atoms. The average molecular weight is 383 g/mol. The molecular weight excluding hydrogens is 351 g/mol. The van der Waals surface area contributed by atoms with E-state index in [4.69, 9.17) is 0 Å². The molecule has 4 rings (SSSR count). The first-order valence-electron chi connectivity index (χ1n) is 10.8. The summed E-state index contributed by atoms with van der Waals surface area (Å²) in [5, 5.41) is 0. The van der Waals surface area contributed by atoms with Crippen LogP contribution in [-0.2, 0) is 4.79 Å². The zero-order chi connectivity index (χ0) is 19.7. The van der Waals surface area contributed by atoms with Crippen LogP contribution >= 0.6 is 0 Å². The van der Waals surface area contributed by atoms with Crippen molar-refractivity contribution in [1.82, 2.24) is 9.80 Å². The predicted molar refractivity (Wildman–Crippen MR) is 110 cm³/mol. The number of carbonyl (C=O) groups excluding carboxylic acids is 1. The van der Waals surface area contributed by atoms with E-state index in [0.717, 1.165) is 56.2 Å². The zero-order valence-electron chi connectivity index (χ0n) is 17.0. The van der Waals surface area contributed by atoms with E-state index >= 15 is 0 Å². The number of carbonyl (C=O) groups is 1. The number of piperidine rings is 1. The largest absolute Gasteiger partial charge is 0.363 e. The van der Waals surface area contributed by atoms with Gasteiger partial charge in [0.1, 0.15) is 5.82 Å². The van der Waals surface area contributed by atoms with Crippen molar-refractivity contribution in [2.24, 2.45) is 0 Å². The number of halogens is 1. The van der Waals surface area contributed by atoms with Crippen LogP contribution in [0.1, 0.15) is 69.0 Å². The summed E-state index contributed by atoms with van der Waals surface area (Å²) < 4.78 is 14.1. The Kier molecular flexibility index (Phi) is 5.56. The van der Waals surface area contributed by atoms with Crippen LogP contribution in [0.5, 0.6) is 0 Å². The highest BCUT2D eigenvalue weighted by molar-refractivity contribution is 5.96. The van der Waals surface area contributed by atoms with Crippen molar-refractivity contribution in [2.45, 2.75) is 76.9 Å². The van der Waals surface area contributed by atoms with E-state index in [2.05, 4.69) is 22.8 Å². The first-order chi connectivity index (χ1) is 13.6. The van der Waals surface area contributed by atoms with Gasteiger partial charge < -0.3 is 9.80 Å². The molecule has 150 valence electrons. The monoisotopic (exact) mass is 382 g/mol. The summed E-state index contributed by atoms with van der Waals surface area (Å²) in [6.45, 7) is 4.90. The second-order valence-electron chi connectivity index (χ2n) is 8.46. The van der Waals surface area contributed by atoms with Crippen LogP contribution in [0, 0.1) is 12.7 Å². The van der Waals surface area contributed by atoms with Crippen LogP contribution in [0.15, 0.2) is 42.1 Å². The topological polar surface area (TPSA) is 23.6 Å². The van der Waals surface area contributed by atoms with E-state index in [9.17, 15) is 9.18 Å². The molecule has 0 radical (unpaired) electrons. The Morgan fingerprint density at radius 1 is 1.21 bits per heavy atom. The van der Waals surface area contributed by atoms with Crippen molar-refractivity contribution in [2.75, 3.05) is 6.54 Å². The Hall–Kier alpha value is -2.10. The number of nitrogens with zero attached hydrogens (tertiary/aromatic N) is 2. The van der Waals surface area contributed by atoms with Crippen molar-refractivity contribution in [3.8, 4) is 0 Å². The molecule has 1 aromatic rings. The molecule has 2 atom stereocenters. The number of hydrogen-bond acceptors (Lipinski definition) is 2. The molecule has 2 fully saturated rings.